The van der Waals surface area contributed by atoms with Gasteiger partial charge in [-0.05, 0) is 71.2 Å². The molecule has 3 heteroatoms. The summed E-state index contributed by atoms with van der Waals surface area (Å²) in [5, 5.41) is 4.41. The molecule has 0 saturated heterocycles. The van der Waals surface area contributed by atoms with Crippen LogP contribution in [0.2, 0.25) is 0 Å². The molecule has 0 amide bonds. The molecule has 0 radical (unpaired) electrons. The molecule has 16 heavy (non-hydrogen) atoms. The Labute approximate surface area is 100 Å². The quantitative estimate of drug-likeness (QED) is 0.623. The second-order valence-electron chi connectivity index (χ2n) is 5.77. The summed E-state index contributed by atoms with van der Waals surface area (Å²) in [6.07, 6.45) is 4.50. The van der Waals surface area contributed by atoms with Crippen molar-refractivity contribution in [3.05, 3.63) is 22.4 Å². The Bertz CT molecular complexity index is 373. The van der Waals surface area contributed by atoms with E-state index in [0.29, 0.717) is 6.04 Å². The van der Waals surface area contributed by atoms with Gasteiger partial charge >= 0.3 is 0 Å². The van der Waals surface area contributed by atoms with Gasteiger partial charge in [0.25, 0.3) is 0 Å². The average Bonchev–Trinajstić information content (AvgIpc) is 2.78. The van der Waals surface area contributed by atoms with Crippen LogP contribution >= 0.6 is 11.3 Å². The summed E-state index contributed by atoms with van der Waals surface area (Å²) in [5.41, 5.74) is 4.48. The number of hydrogen-bond acceptors (Lipinski definition) is 3. The van der Waals surface area contributed by atoms with Gasteiger partial charge in [0.05, 0.1) is 6.04 Å². The zero-order valence-electron chi connectivity index (χ0n) is 9.30. The lowest BCUT2D eigenvalue weighted by atomic mass is 9.95. The van der Waals surface area contributed by atoms with Gasteiger partial charge in [-0.3, -0.25) is 11.3 Å². The third kappa shape index (κ3) is 1.14. The lowest BCUT2D eigenvalue weighted by molar-refractivity contribution is 0.374. The van der Waals surface area contributed by atoms with Gasteiger partial charge in [-0.15, -0.1) is 0 Å². The van der Waals surface area contributed by atoms with Gasteiger partial charge in [0, 0.05) is 0 Å². The summed E-state index contributed by atoms with van der Waals surface area (Å²) >= 11 is 1.78. The third-order valence-corrected chi connectivity index (χ3v) is 5.96. The second kappa shape index (κ2) is 3.31. The van der Waals surface area contributed by atoms with E-state index in [4.69, 9.17) is 5.84 Å². The zero-order chi connectivity index (χ0) is 10.7. The van der Waals surface area contributed by atoms with E-state index in [1.807, 2.05) is 0 Å². The molecule has 3 saturated carbocycles. The molecule has 1 heterocycles. The van der Waals surface area contributed by atoms with Gasteiger partial charge < -0.3 is 0 Å². The van der Waals surface area contributed by atoms with Gasteiger partial charge in [-0.2, -0.15) is 11.3 Å². The van der Waals surface area contributed by atoms with E-state index in [2.05, 4.69) is 22.3 Å². The van der Waals surface area contributed by atoms with Crippen molar-refractivity contribution in [1.82, 2.24) is 5.43 Å². The van der Waals surface area contributed by atoms with E-state index >= 15 is 0 Å². The van der Waals surface area contributed by atoms with Crippen molar-refractivity contribution in [2.24, 2.45) is 35.4 Å². The maximum atomic E-state index is 5.77. The first-order chi connectivity index (χ1) is 7.90. The molecule has 3 aliphatic carbocycles. The zero-order valence-corrected chi connectivity index (χ0v) is 10.1. The molecule has 2 nitrogen and oxygen atoms in total. The van der Waals surface area contributed by atoms with Crippen molar-refractivity contribution in [3.8, 4) is 0 Å². The highest BCUT2D eigenvalue weighted by Crippen LogP contribution is 2.72. The SMILES string of the molecule is NNC(c1ccsc1)C1C2C3CCC(C3)C21. The number of hydrogen-bond donors (Lipinski definition) is 2. The van der Waals surface area contributed by atoms with Crippen molar-refractivity contribution >= 4 is 11.3 Å². The van der Waals surface area contributed by atoms with E-state index in [-0.39, 0.29) is 0 Å². The molecular formula is C13H18N2S. The van der Waals surface area contributed by atoms with Crippen LogP contribution in [-0.4, -0.2) is 0 Å². The first kappa shape index (κ1) is 9.63. The van der Waals surface area contributed by atoms with E-state index in [0.717, 1.165) is 29.6 Å². The predicted molar refractivity (Wildman–Crippen MR) is 65.7 cm³/mol. The summed E-state index contributed by atoms with van der Waals surface area (Å²) in [4.78, 5) is 0. The van der Waals surface area contributed by atoms with Gasteiger partial charge in [-0.25, -0.2) is 0 Å². The number of hydrazine groups is 1. The molecule has 1 aromatic heterocycles. The van der Waals surface area contributed by atoms with Crippen molar-refractivity contribution in [3.63, 3.8) is 0 Å². The number of rotatable bonds is 3. The van der Waals surface area contributed by atoms with Crippen molar-refractivity contribution in [1.29, 1.82) is 0 Å². The first-order valence-corrected chi connectivity index (χ1v) is 7.32. The van der Waals surface area contributed by atoms with Crippen LogP contribution in [0.25, 0.3) is 0 Å². The Kier molecular flexibility index (Phi) is 1.99. The van der Waals surface area contributed by atoms with E-state index in [9.17, 15) is 0 Å². The Morgan fingerprint density at radius 3 is 2.62 bits per heavy atom. The van der Waals surface area contributed by atoms with Crippen LogP contribution in [0.5, 0.6) is 0 Å². The van der Waals surface area contributed by atoms with Crippen LogP contribution < -0.4 is 11.3 Å². The van der Waals surface area contributed by atoms with Crippen LogP contribution in [0.15, 0.2) is 16.8 Å². The monoisotopic (exact) mass is 234 g/mol. The van der Waals surface area contributed by atoms with Crippen LogP contribution in [0, 0.1) is 29.6 Å². The highest BCUT2D eigenvalue weighted by molar-refractivity contribution is 7.07. The van der Waals surface area contributed by atoms with Crippen molar-refractivity contribution < 1.29 is 0 Å². The minimum atomic E-state index is 0.421. The van der Waals surface area contributed by atoms with Crippen LogP contribution in [0.1, 0.15) is 30.9 Å². The Morgan fingerprint density at radius 1 is 1.31 bits per heavy atom. The first-order valence-electron chi connectivity index (χ1n) is 6.38. The van der Waals surface area contributed by atoms with Crippen molar-refractivity contribution in [2.75, 3.05) is 0 Å². The summed E-state index contributed by atoms with van der Waals surface area (Å²) in [5.74, 6) is 10.7. The van der Waals surface area contributed by atoms with Gasteiger partial charge in [0.1, 0.15) is 0 Å². The molecule has 4 rings (SSSR count). The summed E-state index contributed by atoms with van der Waals surface area (Å²) in [6, 6.07) is 2.65. The molecule has 3 aliphatic rings. The second-order valence-corrected chi connectivity index (χ2v) is 6.55. The highest BCUT2D eigenvalue weighted by atomic mass is 32.1. The molecular weight excluding hydrogens is 216 g/mol. The normalized spacial score (nSPS) is 45.7. The Morgan fingerprint density at radius 2 is 2.06 bits per heavy atom. The maximum Gasteiger partial charge on any atom is 0.0502 e. The van der Waals surface area contributed by atoms with Gasteiger partial charge in [0.2, 0.25) is 0 Å². The molecule has 5 atom stereocenters. The fraction of sp³-hybridized carbons (Fsp3) is 0.692. The predicted octanol–water partition coefficient (Wildman–Crippen LogP) is 2.54. The maximum absolute atomic E-state index is 5.77. The molecule has 2 bridgehead atoms. The minimum Gasteiger partial charge on any atom is -0.271 e. The van der Waals surface area contributed by atoms with Crippen molar-refractivity contribution in [2.45, 2.75) is 25.3 Å². The fourth-order valence-electron chi connectivity index (χ4n) is 4.72. The van der Waals surface area contributed by atoms with Gasteiger partial charge in [0.15, 0.2) is 0 Å². The highest BCUT2D eigenvalue weighted by Gasteiger charge is 2.66. The lowest BCUT2D eigenvalue weighted by Crippen LogP contribution is -2.31. The number of thiophene rings is 1. The molecule has 86 valence electrons. The Hall–Kier alpha value is -0.380. The standard InChI is InChI=1S/C13H18N2S/c14-15-13(9-3-4-16-6-9)12-10-7-1-2-8(5-7)11(10)12/h3-4,6-8,10-13,15H,1-2,5,14H2. The average molecular weight is 234 g/mol. The van der Waals surface area contributed by atoms with Crippen LogP contribution in [0.4, 0.5) is 0 Å². The number of nitrogens with one attached hydrogen (secondary N) is 1. The summed E-state index contributed by atoms with van der Waals surface area (Å²) in [7, 11) is 0. The largest absolute Gasteiger partial charge is 0.271 e. The number of fused-ring (bicyclic) bond motifs is 5. The molecule has 1 aromatic rings. The third-order valence-electron chi connectivity index (χ3n) is 5.26. The number of nitrogens with two attached hydrogens (primary N) is 1. The smallest absolute Gasteiger partial charge is 0.0502 e. The topological polar surface area (TPSA) is 38.0 Å². The van der Waals surface area contributed by atoms with Crippen LogP contribution in [-0.2, 0) is 0 Å². The minimum absolute atomic E-state index is 0.421. The molecule has 0 aromatic carbocycles. The Balaban J connectivity index is 1.59. The summed E-state index contributed by atoms with van der Waals surface area (Å²) in [6.45, 7) is 0. The molecule has 0 aliphatic heterocycles. The van der Waals surface area contributed by atoms with E-state index < -0.39 is 0 Å². The van der Waals surface area contributed by atoms with Crippen LogP contribution in [0.3, 0.4) is 0 Å². The molecule has 3 N–H and O–H groups in total. The molecule has 0 spiro atoms. The molecule has 5 unspecified atom stereocenters. The lowest BCUT2D eigenvalue weighted by Gasteiger charge is -2.18. The fourth-order valence-corrected chi connectivity index (χ4v) is 5.42. The van der Waals surface area contributed by atoms with E-state index in [1.165, 1.54) is 24.8 Å². The van der Waals surface area contributed by atoms with E-state index in [1.54, 1.807) is 11.3 Å². The van der Waals surface area contributed by atoms with Gasteiger partial charge in [-0.1, -0.05) is 0 Å². The molecule has 3 fully saturated rings. The summed E-state index contributed by atoms with van der Waals surface area (Å²) < 4.78 is 0.